The maximum absolute atomic E-state index is 5.87. The molecule has 18 heavy (non-hydrogen) atoms. The van der Waals surface area contributed by atoms with Crippen LogP contribution in [0.2, 0.25) is 0 Å². The average molecular weight is 246 g/mol. The Morgan fingerprint density at radius 3 is 1.17 bits per heavy atom. The van der Waals surface area contributed by atoms with Crippen LogP contribution in [-0.4, -0.2) is 0 Å². The summed E-state index contributed by atoms with van der Waals surface area (Å²) in [6.07, 6.45) is 0. The second-order valence-electron chi connectivity index (χ2n) is 6.83. The van der Waals surface area contributed by atoms with Gasteiger partial charge in [0.15, 0.2) is 11.5 Å². The summed E-state index contributed by atoms with van der Waals surface area (Å²) in [7, 11) is 0. The summed E-state index contributed by atoms with van der Waals surface area (Å²) in [4.78, 5) is 0. The van der Waals surface area contributed by atoms with Crippen molar-refractivity contribution in [3.05, 3.63) is 35.8 Å². The predicted octanol–water partition coefficient (Wildman–Crippen LogP) is 5.13. The minimum Gasteiger partial charge on any atom is -0.457 e. The van der Waals surface area contributed by atoms with Crippen LogP contribution in [0.25, 0.3) is 11.5 Å². The SMILES string of the molecule is CC(C)(C)c1ccc(-c2ccc(C(C)(C)C)o2)o1. The van der Waals surface area contributed by atoms with Gasteiger partial charge in [0.05, 0.1) is 0 Å². The van der Waals surface area contributed by atoms with Gasteiger partial charge < -0.3 is 8.83 Å². The van der Waals surface area contributed by atoms with E-state index in [9.17, 15) is 0 Å². The van der Waals surface area contributed by atoms with Gasteiger partial charge in [0.1, 0.15) is 11.5 Å². The van der Waals surface area contributed by atoms with Gasteiger partial charge in [0.25, 0.3) is 0 Å². The molecule has 2 heterocycles. The highest BCUT2D eigenvalue weighted by Gasteiger charge is 2.22. The summed E-state index contributed by atoms with van der Waals surface area (Å²) in [5.41, 5.74) is 0.0510. The molecule has 0 aliphatic heterocycles. The normalized spacial score (nSPS) is 13.0. The molecule has 0 fully saturated rings. The highest BCUT2D eigenvalue weighted by atomic mass is 16.4. The average Bonchev–Trinajstić information content (AvgIpc) is 2.84. The van der Waals surface area contributed by atoms with E-state index in [0.717, 1.165) is 23.0 Å². The van der Waals surface area contributed by atoms with Gasteiger partial charge in [0.2, 0.25) is 0 Å². The molecular formula is C16H22O2. The third kappa shape index (κ3) is 2.53. The van der Waals surface area contributed by atoms with Crippen molar-refractivity contribution in [1.82, 2.24) is 0 Å². The van der Waals surface area contributed by atoms with E-state index in [0.29, 0.717) is 0 Å². The zero-order valence-electron chi connectivity index (χ0n) is 12.1. The minimum absolute atomic E-state index is 0.0255. The van der Waals surface area contributed by atoms with Crippen molar-refractivity contribution < 1.29 is 8.83 Å². The van der Waals surface area contributed by atoms with Crippen molar-refractivity contribution >= 4 is 0 Å². The van der Waals surface area contributed by atoms with Crippen molar-refractivity contribution in [3.63, 3.8) is 0 Å². The van der Waals surface area contributed by atoms with E-state index < -0.39 is 0 Å². The first-order chi connectivity index (χ1) is 8.18. The van der Waals surface area contributed by atoms with Crippen LogP contribution < -0.4 is 0 Å². The topological polar surface area (TPSA) is 26.3 Å². The Bertz CT molecular complexity index is 480. The van der Waals surface area contributed by atoms with Crippen molar-refractivity contribution in [2.45, 2.75) is 52.4 Å². The van der Waals surface area contributed by atoms with E-state index in [4.69, 9.17) is 8.83 Å². The molecule has 0 radical (unpaired) electrons. The molecule has 0 unspecified atom stereocenters. The molecule has 0 spiro atoms. The fourth-order valence-corrected chi connectivity index (χ4v) is 1.75. The maximum atomic E-state index is 5.87. The smallest absolute Gasteiger partial charge is 0.169 e. The second-order valence-corrected chi connectivity index (χ2v) is 6.83. The van der Waals surface area contributed by atoms with Gasteiger partial charge in [-0.1, -0.05) is 41.5 Å². The molecule has 2 nitrogen and oxygen atoms in total. The minimum atomic E-state index is 0.0255. The summed E-state index contributed by atoms with van der Waals surface area (Å²) in [6, 6.07) is 8.00. The first-order valence-electron chi connectivity index (χ1n) is 6.39. The number of hydrogen-bond acceptors (Lipinski definition) is 2. The second kappa shape index (κ2) is 4.04. The molecule has 0 saturated carbocycles. The van der Waals surface area contributed by atoms with Crippen LogP contribution in [0.15, 0.2) is 33.1 Å². The Kier molecular flexibility index (Phi) is 2.92. The number of furan rings is 2. The molecule has 2 heteroatoms. The van der Waals surface area contributed by atoms with Crippen molar-refractivity contribution in [2.75, 3.05) is 0 Å². The van der Waals surface area contributed by atoms with Gasteiger partial charge in [-0.05, 0) is 24.3 Å². The molecule has 0 bridgehead atoms. The first kappa shape index (κ1) is 13.0. The van der Waals surface area contributed by atoms with Crippen LogP contribution in [0.5, 0.6) is 0 Å². The molecule has 0 aliphatic carbocycles. The summed E-state index contributed by atoms with van der Waals surface area (Å²) in [5, 5.41) is 0. The fraction of sp³-hybridized carbons (Fsp3) is 0.500. The standard InChI is InChI=1S/C16H22O2/c1-15(2,3)13-9-7-11(17-13)12-8-10-14(18-12)16(4,5)6/h7-10H,1-6H3. The number of hydrogen-bond donors (Lipinski definition) is 0. The van der Waals surface area contributed by atoms with E-state index in [1.165, 1.54) is 0 Å². The highest BCUT2D eigenvalue weighted by molar-refractivity contribution is 5.51. The van der Waals surface area contributed by atoms with Gasteiger partial charge >= 0.3 is 0 Å². The monoisotopic (exact) mass is 246 g/mol. The van der Waals surface area contributed by atoms with E-state index in [1.54, 1.807) is 0 Å². The quantitative estimate of drug-likeness (QED) is 0.696. The molecule has 0 atom stereocenters. The van der Waals surface area contributed by atoms with E-state index in [1.807, 2.05) is 24.3 Å². The summed E-state index contributed by atoms with van der Waals surface area (Å²) < 4.78 is 11.7. The highest BCUT2D eigenvalue weighted by Crippen LogP contribution is 2.33. The Morgan fingerprint density at radius 1 is 0.611 bits per heavy atom. The third-order valence-corrected chi connectivity index (χ3v) is 2.93. The zero-order valence-corrected chi connectivity index (χ0v) is 12.1. The van der Waals surface area contributed by atoms with Crippen LogP contribution in [-0.2, 0) is 10.8 Å². The molecule has 2 aromatic rings. The molecular weight excluding hydrogens is 224 g/mol. The van der Waals surface area contributed by atoms with Crippen molar-refractivity contribution in [2.24, 2.45) is 0 Å². The van der Waals surface area contributed by atoms with Crippen molar-refractivity contribution in [1.29, 1.82) is 0 Å². The molecule has 0 N–H and O–H groups in total. The third-order valence-electron chi connectivity index (χ3n) is 2.93. The Labute approximate surface area is 109 Å². The molecule has 2 aromatic heterocycles. The molecule has 98 valence electrons. The van der Waals surface area contributed by atoms with Crippen LogP contribution in [0.3, 0.4) is 0 Å². The molecule has 0 aromatic carbocycles. The van der Waals surface area contributed by atoms with Gasteiger partial charge in [-0.3, -0.25) is 0 Å². The molecule has 0 saturated heterocycles. The van der Waals surface area contributed by atoms with Gasteiger partial charge in [-0.25, -0.2) is 0 Å². The van der Waals surface area contributed by atoms with Gasteiger partial charge in [-0.15, -0.1) is 0 Å². The fourth-order valence-electron chi connectivity index (χ4n) is 1.75. The lowest BCUT2D eigenvalue weighted by atomic mass is 9.94. The lowest BCUT2D eigenvalue weighted by Gasteiger charge is -2.14. The van der Waals surface area contributed by atoms with Crippen LogP contribution in [0.4, 0.5) is 0 Å². The Hall–Kier alpha value is -1.44. The lowest BCUT2D eigenvalue weighted by Crippen LogP contribution is -2.09. The van der Waals surface area contributed by atoms with E-state index >= 15 is 0 Å². The largest absolute Gasteiger partial charge is 0.457 e. The predicted molar refractivity (Wildman–Crippen MR) is 73.8 cm³/mol. The van der Waals surface area contributed by atoms with Crippen LogP contribution in [0.1, 0.15) is 53.1 Å². The van der Waals surface area contributed by atoms with Gasteiger partial charge in [0, 0.05) is 10.8 Å². The lowest BCUT2D eigenvalue weighted by molar-refractivity contribution is 0.389. The zero-order chi connectivity index (χ0) is 13.6. The summed E-state index contributed by atoms with van der Waals surface area (Å²) >= 11 is 0. The van der Waals surface area contributed by atoms with E-state index in [-0.39, 0.29) is 10.8 Å². The summed E-state index contributed by atoms with van der Waals surface area (Å²) in [5.74, 6) is 3.56. The molecule has 0 aliphatic rings. The molecule has 0 amide bonds. The van der Waals surface area contributed by atoms with Crippen molar-refractivity contribution in [3.8, 4) is 11.5 Å². The maximum Gasteiger partial charge on any atom is 0.169 e. The first-order valence-corrected chi connectivity index (χ1v) is 6.39. The van der Waals surface area contributed by atoms with E-state index in [2.05, 4.69) is 41.5 Å². The number of rotatable bonds is 1. The summed E-state index contributed by atoms with van der Waals surface area (Å²) in [6.45, 7) is 12.8. The molecule has 2 rings (SSSR count). The van der Waals surface area contributed by atoms with Crippen LogP contribution in [0, 0.1) is 0 Å². The Balaban J connectivity index is 2.33. The Morgan fingerprint density at radius 2 is 0.944 bits per heavy atom. The van der Waals surface area contributed by atoms with Crippen LogP contribution >= 0.6 is 0 Å². The van der Waals surface area contributed by atoms with Gasteiger partial charge in [-0.2, -0.15) is 0 Å².